The fraction of sp³-hybridized carbons (Fsp3) is 0.765. The molecule has 0 aromatic heterocycles. The van der Waals surface area contributed by atoms with E-state index in [-0.39, 0.29) is 48.2 Å². The van der Waals surface area contributed by atoms with Crippen LogP contribution in [0.25, 0.3) is 0 Å². The van der Waals surface area contributed by atoms with Crippen LogP contribution >= 0.6 is 0 Å². The molecule has 6 heteroatoms. The van der Waals surface area contributed by atoms with Crippen LogP contribution < -0.4 is 5.32 Å². The lowest BCUT2D eigenvalue weighted by molar-refractivity contribution is -0.155. The molecule has 0 bridgehead atoms. The van der Waals surface area contributed by atoms with E-state index >= 15 is 0 Å². The number of esters is 1. The van der Waals surface area contributed by atoms with Crippen molar-refractivity contribution in [3.05, 3.63) is 0 Å². The zero-order valence-electron chi connectivity index (χ0n) is 14.0. The van der Waals surface area contributed by atoms with Gasteiger partial charge < -0.3 is 4.74 Å². The maximum atomic E-state index is 12.5. The van der Waals surface area contributed by atoms with Crippen molar-refractivity contribution in [1.82, 2.24) is 5.32 Å². The van der Waals surface area contributed by atoms with Crippen LogP contribution in [-0.2, 0) is 23.9 Å². The van der Waals surface area contributed by atoms with Gasteiger partial charge in [0.05, 0.1) is 5.92 Å². The van der Waals surface area contributed by atoms with Gasteiger partial charge in [-0.3, -0.25) is 24.5 Å². The number of carbonyl (C=O) groups excluding carboxylic acids is 4. The molecule has 0 unspecified atom stereocenters. The average Bonchev–Trinajstić information content (AvgIpc) is 2.40. The highest BCUT2D eigenvalue weighted by Gasteiger charge is 2.40. The molecule has 2 rings (SSSR count). The van der Waals surface area contributed by atoms with Gasteiger partial charge in [-0.2, -0.15) is 0 Å². The van der Waals surface area contributed by atoms with Gasteiger partial charge in [0.1, 0.15) is 11.9 Å². The van der Waals surface area contributed by atoms with Crippen LogP contribution in [0.4, 0.5) is 0 Å². The van der Waals surface area contributed by atoms with Crippen molar-refractivity contribution in [2.45, 2.75) is 59.0 Å². The number of carbonyl (C=O) groups is 4. The maximum absolute atomic E-state index is 12.5. The first kappa shape index (κ1) is 17.6. The molecule has 4 atom stereocenters. The van der Waals surface area contributed by atoms with Crippen molar-refractivity contribution in [2.75, 3.05) is 0 Å². The molecule has 1 aliphatic heterocycles. The Morgan fingerprint density at radius 3 is 2.35 bits per heavy atom. The Balaban J connectivity index is 2.12. The van der Waals surface area contributed by atoms with Crippen molar-refractivity contribution in [3.8, 4) is 0 Å². The highest BCUT2D eigenvalue weighted by molar-refractivity contribution is 5.97. The molecule has 2 aliphatic rings. The van der Waals surface area contributed by atoms with Crippen LogP contribution in [-0.4, -0.2) is 29.7 Å². The number of rotatable bonds is 4. The standard InChI is InChI=1S/C17H25NO5/c1-9-4-10(2)17(22)13(5-9)14(23-11(3)19)6-12-7-15(20)18-16(21)8-12/h9-10,12-14H,4-8H2,1-3H3,(H,18,20,21)/t9-,10+,13-,14+/m0/s1. The Labute approximate surface area is 136 Å². The molecular formula is C17H25NO5. The van der Waals surface area contributed by atoms with Crippen molar-refractivity contribution in [1.29, 1.82) is 0 Å². The van der Waals surface area contributed by atoms with Gasteiger partial charge in [0.25, 0.3) is 0 Å². The Hall–Kier alpha value is -1.72. The third kappa shape index (κ3) is 4.62. The molecule has 128 valence electrons. The van der Waals surface area contributed by atoms with Gasteiger partial charge in [-0.1, -0.05) is 13.8 Å². The third-order valence-electron chi connectivity index (χ3n) is 4.82. The molecule has 2 fully saturated rings. The van der Waals surface area contributed by atoms with E-state index < -0.39 is 12.1 Å². The second-order valence-electron chi connectivity index (χ2n) is 7.12. The predicted octanol–water partition coefficient (Wildman–Crippen LogP) is 1.61. The number of piperidine rings is 1. The summed E-state index contributed by atoms with van der Waals surface area (Å²) in [5, 5.41) is 2.27. The topological polar surface area (TPSA) is 89.5 Å². The van der Waals surface area contributed by atoms with Gasteiger partial charge in [0.15, 0.2) is 0 Å². The maximum Gasteiger partial charge on any atom is 0.302 e. The van der Waals surface area contributed by atoms with Crippen molar-refractivity contribution in [2.24, 2.45) is 23.7 Å². The molecule has 1 aliphatic carbocycles. The highest BCUT2D eigenvalue weighted by atomic mass is 16.5. The molecular weight excluding hydrogens is 298 g/mol. The Morgan fingerprint density at radius 2 is 1.78 bits per heavy atom. The number of imide groups is 1. The summed E-state index contributed by atoms with van der Waals surface area (Å²) in [5.41, 5.74) is 0. The number of nitrogens with one attached hydrogen (secondary N) is 1. The zero-order valence-corrected chi connectivity index (χ0v) is 14.0. The minimum atomic E-state index is -0.547. The molecule has 23 heavy (non-hydrogen) atoms. The first-order valence-electron chi connectivity index (χ1n) is 8.29. The second kappa shape index (κ2) is 7.23. The van der Waals surface area contributed by atoms with Crippen LogP contribution in [0, 0.1) is 23.7 Å². The lowest BCUT2D eigenvalue weighted by Crippen LogP contribution is -2.44. The summed E-state index contributed by atoms with van der Waals surface area (Å²) in [6, 6.07) is 0. The number of amides is 2. The third-order valence-corrected chi connectivity index (χ3v) is 4.82. The van der Waals surface area contributed by atoms with E-state index in [2.05, 4.69) is 12.2 Å². The first-order valence-corrected chi connectivity index (χ1v) is 8.29. The zero-order chi connectivity index (χ0) is 17.1. The highest BCUT2D eigenvalue weighted by Crippen LogP contribution is 2.36. The van der Waals surface area contributed by atoms with E-state index in [1.165, 1.54) is 6.92 Å². The summed E-state index contributed by atoms with van der Waals surface area (Å²) in [6.07, 6.45) is 1.84. The van der Waals surface area contributed by atoms with Crippen molar-refractivity contribution >= 4 is 23.6 Å². The Bertz CT molecular complexity index is 499. The molecule has 0 aromatic carbocycles. The van der Waals surface area contributed by atoms with Gasteiger partial charge in [-0.25, -0.2) is 0 Å². The normalized spacial score (nSPS) is 30.7. The minimum absolute atomic E-state index is 0.0434. The summed E-state index contributed by atoms with van der Waals surface area (Å²) < 4.78 is 5.43. The molecule has 1 saturated carbocycles. The van der Waals surface area contributed by atoms with E-state index in [0.29, 0.717) is 18.8 Å². The molecule has 0 aromatic rings. The van der Waals surface area contributed by atoms with Crippen LogP contribution in [0.15, 0.2) is 0 Å². The van der Waals surface area contributed by atoms with Crippen LogP contribution in [0.2, 0.25) is 0 Å². The largest absolute Gasteiger partial charge is 0.462 e. The number of Topliss-reactive ketones (excluding diaryl/α,β-unsaturated/α-hetero) is 1. The SMILES string of the molecule is CC(=O)O[C@H](CC1CC(=O)NC(=O)C1)[C@@H]1C[C@@H](C)C[C@@H](C)C1=O. The summed E-state index contributed by atoms with van der Waals surface area (Å²) in [7, 11) is 0. The van der Waals surface area contributed by atoms with Crippen molar-refractivity contribution in [3.63, 3.8) is 0 Å². The molecule has 0 radical (unpaired) electrons. The Kier molecular flexibility index (Phi) is 5.55. The monoisotopic (exact) mass is 323 g/mol. The fourth-order valence-corrected chi connectivity index (χ4v) is 3.92. The van der Waals surface area contributed by atoms with Gasteiger partial charge in [0.2, 0.25) is 11.8 Å². The number of ketones is 1. The van der Waals surface area contributed by atoms with Crippen LogP contribution in [0.5, 0.6) is 0 Å². The second-order valence-corrected chi connectivity index (χ2v) is 7.12. The number of hydrogen-bond donors (Lipinski definition) is 1. The van der Waals surface area contributed by atoms with Gasteiger partial charge in [-0.05, 0) is 31.1 Å². The lowest BCUT2D eigenvalue weighted by atomic mass is 9.71. The summed E-state index contributed by atoms with van der Waals surface area (Å²) in [5.74, 6) is -1.07. The first-order chi connectivity index (χ1) is 10.8. The van der Waals surface area contributed by atoms with E-state index in [4.69, 9.17) is 4.74 Å². The molecule has 1 N–H and O–H groups in total. The smallest absolute Gasteiger partial charge is 0.302 e. The van der Waals surface area contributed by atoms with E-state index in [9.17, 15) is 19.2 Å². The summed E-state index contributed by atoms with van der Waals surface area (Å²) >= 11 is 0. The average molecular weight is 323 g/mol. The van der Waals surface area contributed by atoms with Gasteiger partial charge >= 0.3 is 5.97 Å². The molecule has 6 nitrogen and oxygen atoms in total. The molecule has 1 heterocycles. The minimum Gasteiger partial charge on any atom is -0.462 e. The van der Waals surface area contributed by atoms with E-state index in [0.717, 1.165) is 6.42 Å². The van der Waals surface area contributed by atoms with E-state index in [1.54, 1.807) is 0 Å². The quantitative estimate of drug-likeness (QED) is 0.627. The summed E-state index contributed by atoms with van der Waals surface area (Å²) in [4.78, 5) is 47.0. The molecule has 0 spiro atoms. The Morgan fingerprint density at radius 1 is 1.17 bits per heavy atom. The summed E-state index contributed by atoms with van der Waals surface area (Å²) in [6.45, 7) is 5.33. The number of ether oxygens (including phenoxy) is 1. The molecule has 1 saturated heterocycles. The van der Waals surface area contributed by atoms with Crippen LogP contribution in [0.3, 0.4) is 0 Å². The predicted molar refractivity (Wildman–Crippen MR) is 82.1 cm³/mol. The molecule has 2 amide bonds. The fourth-order valence-electron chi connectivity index (χ4n) is 3.92. The van der Waals surface area contributed by atoms with E-state index in [1.807, 2.05) is 6.92 Å². The van der Waals surface area contributed by atoms with Crippen LogP contribution in [0.1, 0.15) is 52.9 Å². The van der Waals surface area contributed by atoms with Crippen molar-refractivity contribution < 1.29 is 23.9 Å². The lowest BCUT2D eigenvalue weighted by Gasteiger charge is -2.36. The number of hydrogen-bond acceptors (Lipinski definition) is 5. The van der Waals surface area contributed by atoms with Gasteiger partial charge in [-0.15, -0.1) is 0 Å². The van der Waals surface area contributed by atoms with Gasteiger partial charge in [0, 0.05) is 25.7 Å².